The summed E-state index contributed by atoms with van der Waals surface area (Å²) in [5.74, 6) is -1.98. The SMILES string of the molecule is C[C@@H]1CC[C@@]2(S(=O)(=O)c3ccc(Cl)cc3)c3c(F)ccc(F)c3OCC2O1. The van der Waals surface area contributed by atoms with Gasteiger partial charge >= 0.3 is 0 Å². The number of benzene rings is 2. The van der Waals surface area contributed by atoms with Crippen molar-refractivity contribution in [3.63, 3.8) is 0 Å². The quantitative estimate of drug-likeness (QED) is 0.737. The fourth-order valence-corrected chi connectivity index (χ4v) is 6.35. The van der Waals surface area contributed by atoms with Crippen molar-refractivity contribution in [3.05, 3.63) is 58.6 Å². The van der Waals surface area contributed by atoms with Crippen LogP contribution in [0.4, 0.5) is 8.78 Å². The maximum absolute atomic E-state index is 14.9. The second kappa shape index (κ2) is 6.43. The molecule has 4 nitrogen and oxygen atoms in total. The van der Waals surface area contributed by atoms with Crippen LogP contribution in [-0.2, 0) is 19.3 Å². The zero-order valence-corrected chi connectivity index (χ0v) is 16.0. The molecule has 1 saturated heterocycles. The van der Waals surface area contributed by atoms with E-state index < -0.39 is 32.3 Å². The minimum absolute atomic E-state index is 0.0217. The van der Waals surface area contributed by atoms with E-state index in [1.54, 1.807) is 0 Å². The third kappa shape index (κ3) is 2.67. The van der Waals surface area contributed by atoms with E-state index in [1.165, 1.54) is 24.3 Å². The van der Waals surface area contributed by atoms with Gasteiger partial charge in [0.2, 0.25) is 0 Å². The zero-order chi connectivity index (χ0) is 19.4. The van der Waals surface area contributed by atoms with Gasteiger partial charge in [-0.1, -0.05) is 11.6 Å². The summed E-state index contributed by atoms with van der Waals surface area (Å²) in [6, 6.07) is 7.51. The molecule has 2 aromatic rings. The maximum Gasteiger partial charge on any atom is 0.191 e. The lowest BCUT2D eigenvalue weighted by molar-refractivity contribution is -0.0940. The van der Waals surface area contributed by atoms with Crippen molar-refractivity contribution >= 4 is 21.4 Å². The Morgan fingerprint density at radius 3 is 2.48 bits per heavy atom. The van der Waals surface area contributed by atoms with Crippen molar-refractivity contribution in [2.75, 3.05) is 6.61 Å². The summed E-state index contributed by atoms with van der Waals surface area (Å²) in [6.07, 6.45) is -0.685. The molecule has 0 aliphatic carbocycles. The second-order valence-corrected chi connectivity index (χ2v) is 9.51. The van der Waals surface area contributed by atoms with Gasteiger partial charge in [-0.05, 0) is 56.2 Å². The average Bonchev–Trinajstić information content (AvgIpc) is 2.64. The molecule has 2 aliphatic heterocycles. The molecule has 0 N–H and O–H groups in total. The molecule has 0 bridgehead atoms. The summed E-state index contributed by atoms with van der Waals surface area (Å²) in [4.78, 5) is -0.0217. The van der Waals surface area contributed by atoms with E-state index in [9.17, 15) is 17.2 Å². The highest BCUT2D eigenvalue weighted by Crippen LogP contribution is 2.53. The first-order valence-electron chi connectivity index (χ1n) is 8.54. The first-order valence-corrected chi connectivity index (χ1v) is 10.4. The van der Waals surface area contributed by atoms with Gasteiger partial charge in [-0.25, -0.2) is 17.2 Å². The molecule has 4 rings (SSSR count). The lowest BCUT2D eigenvalue weighted by Crippen LogP contribution is -2.57. The lowest BCUT2D eigenvalue weighted by atomic mass is 9.82. The van der Waals surface area contributed by atoms with Crippen LogP contribution in [0, 0.1) is 11.6 Å². The van der Waals surface area contributed by atoms with E-state index >= 15 is 0 Å². The molecular formula is C19H17ClF2O4S. The Balaban J connectivity index is 2.02. The molecule has 0 saturated carbocycles. The van der Waals surface area contributed by atoms with Crippen LogP contribution < -0.4 is 4.74 Å². The summed E-state index contributed by atoms with van der Waals surface area (Å²) >= 11 is 5.88. The minimum Gasteiger partial charge on any atom is -0.487 e. The predicted octanol–water partition coefficient (Wildman–Crippen LogP) is 4.25. The van der Waals surface area contributed by atoms with Crippen molar-refractivity contribution in [2.24, 2.45) is 0 Å². The Morgan fingerprint density at radius 2 is 1.78 bits per heavy atom. The molecule has 2 heterocycles. The van der Waals surface area contributed by atoms with Gasteiger partial charge in [0.1, 0.15) is 23.3 Å². The first kappa shape index (κ1) is 18.7. The number of halogens is 3. The summed E-state index contributed by atoms with van der Waals surface area (Å²) in [7, 11) is -4.15. The number of fused-ring (bicyclic) bond motifs is 3. The van der Waals surface area contributed by atoms with Crippen LogP contribution in [0.15, 0.2) is 41.3 Å². The highest BCUT2D eigenvalue weighted by molar-refractivity contribution is 7.92. The van der Waals surface area contributed by atoms with E-state index in [0.29, 0.717) is 11.4 Å². The predicted molar refractivity (Wildman–Crippen MR) is 95.7 cm³/mol. The third-order valence-electron chi connectivity index (χ3n) is 5.30. The largest absolute Gasteiger partial charge is 0.487 e. The van der Waals surface area contributed by atoms with Crippen molar-refractivity contribution in [1.29, 1.82) is 0 Å². The van der Waals surface area contributed by atoms with E-state index in [2.05, 4.69) is 0 Å². The van der Waals surface area contributed by atoms with E-state index in [4.69, 9.17) is 21.1 Å². The van der Waals surface area contributed by atoms with Gasteiger partial charge in [0.15, 0.2) is 21.4 Å². The molecule has 144 valence electrons. The summed E-state index contributed by atoms with van der Waals surface area (Å²) in [5.41, 5.74) is -0.291. The molecule has 2 aliphatic rings. The van der Waals surface area contributed by atoms with Crippen LogP contribution in [-0.4, -0.2) is 27.2 Å². The number of rotatable bonds is 2. The van der Waals surface area contributed by atoms with Gasteiger partial charge in [0.25, 0.3) is 0 Å². The number of ether oxygens (including phenoxy) is 2. The Hall–Kier alpha value is -1.70. The van der Waals surface area contributed by atoms with Gasteiger partial charge in [-0.2, -0.15) is 0 Å². The molecule has 1 fully saturated rings. The fourth-order valence-electron chi connectivity index (χ4n) is 3.99. The van der Waals surface area contributed by atoms with Gasteiger partial charge in [0, 0.05) is 5.02 Å². The van der Waals surface area contributed by atoms with Crippen LogP contribution in [0.25, 0.3) is 0 Å². The van der Waals surface area contributed by atoms with Gasteiger partial charge in [0.05, 0.1) is 16.6 Å². The molecule has 8 heteroatoms. The molecule has 0 spiro atoms. The van der Waals surface area contributed by atoms with Crippen molar-refractivity contribution < 1.29 is 26.7 Å². The van der Waals surface area contributed by atoms with Crippen LogP contribution in [0.1, 0.15) is 25.3 Å². The first-order chi connectivity index (χ1) is 12.8. The minimum atomic E-state index is -4.15. The van der Waals surface area contributed by atoms with Crippen LogP contribution in [0.3, 0.4) is 0 Å². The monoisotopic (exact) mass is 414 g/mol. The Morgan fingerprint density at radius 1 is 1.11 bits per heavy atom. The fraction of sp³-hybridized carbons (Fsp3) is 0.368. The third-order valence-corrected chi connectivity index (χ3v) is 8.08. The van der Waals surface area contributed by atoms with E-state index in [-0.39, 0.29) is 35.3 Å². The average molecular weight is 415 g/mol. The molecule has 0 radical (unpaired) electrons. The Kier molecular flexibility index (Phi) is 4.44. The number of sulfone groups is 1. The van der Waals surface area contributed by atoms with Crippen molar-refractivity contribution in [1.82, 2.24) is 0 Å². The van der Waals surface area contributed by atoms with Gasteiger partial charge in [-0.3, -0.25) is 0 Å². The summed E-state index contributed by atoms with van der Waals surface area (Å²) in [6.45, 7) is 1.64. The number of hydrogen-bond acceptors (Lipinski definition) is 4. The highest BCUT2D eigenvalue weighted by atomic mass is 35.5. The smallest absolute Gasteiger partial charge is 0.191 e. The topological polar surface area (TPSA) is 52.6 Å². The van der Waals surface area contributed by atoms with Crippen LogP contribution >= 0.6 is 11.6 Å². The van der Waals surface area contributed by atoms with Gasteiger partial charge < -0.3 is 9.47 Å². The Bertz CT molecular complexity index is 994. The van der Waals surface area contributed by atoms with E-state index in [1.807, 2.05) is 6.92 Å². The zero-order valence-electron chi connectivity index (χ0n) is 14.4. The Labute approximate surface area is 161 Å². The molecule has 0 aromatic heterocycles. The molecule has 3 atom stereocenters. The highest BCUT2D eigenvalue weighted by Gasteiger charge is 2.60. The summed E-state index contributed by atoms with van der Waals surface area (Å²) < 4.78 is 66.2. The van der Waals surface area contributed by atoms with E-state index in [0.717, 1.165) is 12.1 Å². The molecular weight excluding hydrogens is 398 g/mol. The second-order valence-electron chi connectivity index (χ2n) is 6.87. The molecule has 0 amide bonds. The summed E-state index contributed by atoms with van der Waals surface area (Å²) in [5, 5.41) is 0.376. The maximum atomic E-state index is 14.9. The van der Waals surface area contributed by atoms with Crippen molar-refractivity contribution in [3.8, 4) is 5.75 Å². The normalized spacial score (nSPS) is 27.4. The molecule has 2 aromatic carbocycles. The standard InChI is InChI=1S/C19H17ClF2O4S/c1-11-8-9-19(27(23,24)13-4-2-12(20)3-5-13)16(26-11)10-25-18-15(22)7-6-14(21)17(18)19/h2-7,11,16H,8-10H2,1H3/t11-,16?,19+/m1/s1. The molecule has 27 heavy (non-hydrogen) atoms. The van der Waals surface area contributed by atoms with Crippen LogP contribution in [0.5, 0.6) is 5.75 Å². The van der Waals surface area contributed by atoms with Crippen molar-refractivity contribution in [2.45, 2.75) is 41.6 Å². The van der Waals surface area contributed by atoms with Gasteiger partial charge in [-0.15, -0.1) is 0 Å². The lowest BCUT2D eigenvalue weighted by Gasteiger charge is -2.48. The molecule has 1 unspecified atom stereocenters. The number of hydrogen-bond donors (Lipinski definition) is 0. The van der Waals surface area contributed by atoms with Crippen LogP contribution in [0.2, 0.25) is 5.02 Å².